The van der Waals surface area contributed by atoms with Gasteiger partial charge in [-0.05, 0) is 55.5 Å². The van der Waals surface area contributed by atoms with Gasteiger partial charge in [0, 0.05) is 24.3 Å². The lowest BCUT2D eigenvalue weighted by molar-refractivity contribution is -0.380. The average Bonchev–Trinajstić information content (AvgIpc) is 3.24. The van der Waals surface area contributed by atoms with Gasteiger partial charge >= 0.3 is 5.00 Å². The van der Waals surface area contributed by atoms with Crippen molar-refractivity contribution in [3.05, 3.63) is 70.4 Å². The first-order valence-electron chi connectivity index (χ1n) is 9.29. The van der Waals surface area contributed by atoms with Crippen LogP contribution in [0.3, 0.4) is 0 Å². The third kappa shape index (κ3) is 5.03. The molecule has 3 rings (SSSR count). The van der Waals surface area contributed by atoms with Gasteiger partial charge in [-0.1, -0.05) is 18.2 Å². The number of rotatable bonds is 8. The predicted octanol–water partition coefficient (Wildman–Crippen LogP) is 5.57. The summed E-state index contributed by atoms with van der Waals surface area (Å²) in [5.74, 6) is -0.270. The van der Waals surface area contributed by atoms with Crippen molar-refractivity contribution < 1.29 is 9.72 Å². The molecule has 1 N–H and O–H groups in total. The average molecular weight is 424 g/mol. The maximum Gasteiger partial charge on any atom is 0.345 e. The van der Waals surface area contributed by atoms with Gasteiger partial charge in [0.15, 0.2) is 0 Å². The van der Waals surface area contributed by atoms with E-state index in [1.54, 1.807) is 30.3 Å². The highest BCUT2D eigenvalue weighted by Gasteiger charge is 2.14. The Bertz CT molecular complexity index is 1060. The van der Waals surface area contributed by atoms with Gasteiger partial charge in [-0.25, -0.2) is 4.98 Å². The van der Waals surface area contributed by atoms with Gasteiger partial charge in [0.05, 0.1) is 10.6 Å². The van der Waals surface area contributed by atoms with Crippen LogP contribution in [-0.4, -0.2) is 28.9 Å². The van der Waals surface area contributed by atoms with Crippen LogP contribution in [0.2, 0.25) is 0 Å². The van der Waals surface area contributed by atoms with E-state index in [0.29, 0.717) is 16.9 Å². The number of anilines is 2. The molecule has 1 aromatic heterocycles. The summed E-state index contributed by atoms with van der Waals surface area (Å²) in [6.45, 7) is 5.72. The molecule has 0 saturated carbocycles. The molecule has 0 aliphatic rings. The molecule has 2 aromatic carbocycles. The second kappa shape index (κ2) is 9.70. The fourth-order valence-electron chi connectivity index (χ4n) is 2.76. The highest BCUT2D eigenvalue weighted by Crippen LogP contribution is 2.34. The minimum absolute atomic E-state index is 0.113. The normalized spacial score (nSPS) is 10.9. The molecule has 1 heterocycles. The Labute approximate surface area is 177 Å². The Morgan fingerprint density at radius 1 is 1.17 bits per heavy atom. The molecule has 3 aromatic rings. The third-order valence-electron chi connectivity index (χ3n) is 4.30. The summed E-state index contributed by atoms with van der Waals surface area (Å²) < 4.78 is 0. The van der Waals surface area contributed by atoms with Gasteiger partial charge in [-0.2, -0.15) is 0 Å². The largest absolute Gasteiger partial charge is 0.372 e. The van der Waals surface area contributed by atoms with Crippen LogP contribution in [0.5, 0.6) is 0 Å². The number of hydrogen-bond donors (Lipinski definition) is 1. The Balaban J connectivity index is 1.93. The van der Waals surface area contributed by atoms with Crippen molar-refractivity contribution in [2.75, 3.05) is 23.3 Å². The summed E-state index contributed by atoms with van der Waals surface area (Å²) in [5.41, 5.74) is 2.37. The summed E-state index contributed by atoms with van der Waals surface area (Å²) in [5, 5.41) is 21.9. The molecule has 9 nitrogen and oxygen atoms in total. The van der Waals surface area contributed by atoms with E-state index >= 15 is 0 Å². The fraction of sp³-hybridized carbons (Fsp3) is 0.200. The van der Waals surface area contributed by atoms with Crippen LogP contribution in [0.15, 0.2) is 65.0 Å². The summed E-state index contributed by atoms with van der Waals surface area (Å²) in [6.07, 6.45) is 1.14. The second-order valence-corrected chi connectivity index (χ2v) is 7.12. The summed E-state index contributed by atoms with van der Waals surface area (Å²) in [4.78, 5) is 29.0. The molecule has 154 valence electrons. The summed E-state index contributed by atoms with van der Waals surface area (Å²) in [7, 11) is 0. The van der Waals surface area contributed by atoms with Crippen molar-refractivity contribution in [1.82, 2.24) is 4.98 Å². The predicted molar refractivity (Wildman–Crippen MR) is 117 cm³/mol. The zero-order valence-electron chi connectivity index (χ0n) is 16.5. The number of benzene rings is 2. The number of nitrogens with zero attached hydrogens (tertiary/aromatic N) is 5. The lowest BCUT2D eigenvalue weighted by atomic mass is 10.2. The van der Waals surface area contributed by atoms with Crippen molar-refractivity contribution in [3.8, 4) is 0 Å². The van der Waals surface area contributed by atoms with E-state index in [0.717, 1.165) is 36.3 Å². The van der Waals surface area contributed by atoms with Crippen LogP contribution in [0.1, 0.15) is 24.2 Å². The molecule has 0 bridgehead atoms. The number of amides is 1. The van der Waals surface area contributed by atoms with E-state index in [4.69, 9.17) is 0 Å². The number of hydrogen-bond acceptors (Lipinski definition) is 8. The minimum atomic E-state index is -0.527. The van der Waals surface area contributed by atoms with Crippen LogP contribution in [0.4, 0.5) is 27.2 Å². The Kier molecular flexibility index (Phi) is 6.81. The van der Waals surface area contributed by atoms with E-state index < -0.39 is 4.92 Å². The first kappa shape index (κ1) is 21.1. The van der Waals surface area contributed by atoms with Crippen LogP contribution in [-0.2, 0) is 0 Å². The Hall–Kier alpha value is -3.66. The van der Waals surface area contributed by atoms with Crippen LogP contribution in [0, 0.1) is 10.1 Å². The Morgan fingerprint density at radius 2 is 1.90 bits per heavy atom. The maximum atomic E-state index is 12.7. The molecule has 0 spiro atoms. The second-order valence-electron chi connectivity index (χ2n) is 6.13. The number of aromatic nitrogens is 1. The quantitative estimate of drug-likeness (QED) is 0.289. The number of thiazole rings is 1. The van der Waals surface area contributed by atoms with Crippen molar-refractivity contribution in [2.45, 2.75) is 13.8 Å². The SMILES string of the molecule is CCN(CC)c1ccc(N=Nc2ncc([N+](=O)[O-])s2)c(NC(=O)c2ccccc2)c1. The molecule has 0 fully saturated rings. The van der Waals surface area contributed by atoms with Crippen LogP contribution >= 0.6 is 11.3 Å². The molecule has 0 radical (unpaired) electrons. The first-order chi connectivity index (χ1) is 14.5. The van der Waals surface area contributed by atoms with Crippen LogP contribution in [0.25, 0.3) is 0 Å². The van der Waals surface area contributed by atoms with Gasteiger partial charge < -0.3 is 10.2 Å². The van der Waals surface area contributed by atoms with E-state index in [2.05, 4.69) is 39.3 Å². The highest BCUT2D eigenvalue weighted by atomic mass is 32.1. The van der Waals surface area contributed by atoms with Gasteiger partial charge in [-0.15, -0.1) is 10.2 Å². The van der Waals surface area contributed by atoms with E-state index in [-0.39, 0.29) is 16.0 Å². The van der Waals surface area contributed by atoms with Crippen molar-refractivity contribution in [1.29, 1.82) is 0 Å². The number of carbonyl (C=O) groups excluding carboxylic acids is 1. The van der Waals surface area contributed by atoms with E-state index in [9.17, 15) is 14.9 Å². The number of nitrogens with one attached hydrogen (secondary N) is 1. The molecule has 0 atom stereocenters. The number of azo groups is 1. The first-order valence-corrected chi connectivity index (χ1v) is 10.1. The molecule has 0 saturated heterocycles. The van der Waals surface area contributed by atoms with E-state index in [1.165, 1.54) is 0 Å². The number of nitro groups is 1. The third-order valence-corrected chi connectivity index (χ3v) is 5.13. The molecule has 1 amide bonds. The lowest BCUT2D eigenvalue weighted by Gasteiger charge is -2.22. The summed E-state index contributed by atoms with van der Waals surface area (Å²) in [6, 6.07) is 14.3. The molecule has 0 aliphatic heterocycles. The lowest BCUT2D eigenvalue weighted by Crippen LogP contribution is -2.22. The molecular weight excluding hydrogens is 404 g/mol. The van der Waals surface area contributed by atoms with E-state index in [1.807, 2.05) is 18.2 Å². The highest BCUT2D eigenvalue weighted by molar-refractivity contribution is 7.18. The zero-order chi connectivity index (χ0) is 21.5. The molecule has 30 heavy (non-hydrogen) atoms. The van der Waals surface area contributed by atoms with Gasteiger partial charge in [0.1, 0.15) is 11.9 Å². The minimum Gasteiger partial charge on any atom is -0.372 e. The number of carbonyl (C=O) groups is 1. The van der Waals surface area contributed by atoms with Crippen molar-refractivity contribution in [2.24, 2.45) is 10.2 Å². The molecule has 10 heteroatoms. The van der Waals surface area contributed by atoms with Crippen molar-refractivity contribution >= 4 is 44.4 Å². The fourth-order valence-corrected chi connectivity index (χ4v) is 3.32. The smallest absolute Gasteiger partial charge is 0.345 e. The van der Waals surface area contributed by atoms with Gasteiger partial charge in [0.25, 0.3) is 5.91 Å². The summed E-state index contributed by atoms with van der Waals surface area (Å²) >= 11 is 0.826. The van der Waals surface area contributed by atoms with Crippen molar-refractivity contribution in [3.63, 3.8) is 0 Å². The van der Waals surface area contributed by atoms with Gasteiger partial charge in [-0.3, -0.25) is 14.9 Å². The maximum absolute atomic E-state index is 12.7. The monoisotopic (exact) mass is 424 g/mol. The zero-order valence-corrected chi connectivity index (χ0v) is 17.3. The topological polar surface area (TPSA) is 113 Å². The molecular formula is C20H20N6O3S. The van der Waals surface area contributed by atoms with Gasteiger partial charge in [0.2, 0.25) is 5.13 Å². The van der Waals surface area contributed by atoms with Crippen LogP contribution < -0.4 is 10.2 Å². The Morgan fingerprint density at radius 3 is 2.53 bits per heavy atom. The molecule has 0 unspecified atom stereocenters. The molecule has 0 aliphatic carbocycles. The standard InChI is InChI=1S/C20H20N6O3S/c1-3-25(4-2)15-10-11-16(23-24-20-21-13-18(30-20)26(28)29)17(12-15)22-19(27)14-8-6-5-7-9-14/h5-13H,3-4H2,1-2H3,(H,22,27).